The Morgan fingerprint density at radius 1 is 1.36 bits per heavy atom. The van der Waals surface area contributed by atoms with Crippen molar-refractivity contribution in [2.24, 2.45) is 5.73 Å². The van der Waals surface area contributed by atoms with Gasteiger partial charge in [0.2, 0.25) is 0 Å². The van der Waals surface area contributed by atoms with Crippen LogP contribution in [0, 0.1) is 0 Å². The van der Waals surface area contributed by atoms with Gasteiger partial charge in [-0.15, -0.1) is 0 Å². The summed E-state index contributed by atoms with van der Waals surface area (Å²) in [6.07, 6.45) is -2.58. The van der Waals surface area contributed by atoms with Gasteiger partial charge in [0.05, 0.1) is 12.2 Å². The monoisotopic (exact) mass is 163 g/mol. The first kappa shape index (κ1) is 10.3. The van der Waals surface area contributed by atoms with E-state index >= 15 is 0 Å². The lowest BCUT2D eigenvalue weighted by Gasteiger charge is -2.30. The van der Waals surface area contributed by atoms with Crippen LogP contribution in [-0.2, 0) is 4.79 Å². The third-order valence-electron chi connectivity index (χ3n) is 1.75. The Hall–Kier alpha value is -0.650. The highest BCUT2D eigenvalue weighted by molar-refractivity contribution is 5.80. The number of aliphatic hydroxyl groups is 2. The summed E-state index contributed by atoms with van der Waals surface area (Å²) < 4.78 is 0. The van der Waals surface area contributed by atoms with Gasteiger partial charge in [-0.2, -0.15) is 0 Å². The van der Waals surface area contributed by atoms with Crippen molar-refractivity contribution in [3.63, 3.8) is 0 Å². The van der Waals surface area contributed by atoms with Crippen molar-refractivity contribution in [1.82, 2.24) is 0 Å². The zero-order chi connectivity index (χ0) is 9.23. The molecule has 0 bridgehead atoms. The van der Waals surface area contributed by atoms with Crippen LogP contribution in [0.4, 0.5) is 0 Å². The smallest absolute Gasteiger partial charge is 0.329 e. The van der Waals surface area contributed by atoms with Crippen LogP contribution in [-0.4, -0.2) is 39.0 Å². The SMILES string of the molecule is CC(O)C(N)(C(=O)O)[C@H](C)O. The highest BCUT2D eigenvalue weighted by Crippen LogP contribution is 2.12. The van der Waals surface area contributed by atoms with Crippen molar-refractivity contribution in [2.45, 2.75) is 31.6 Å². The minimum atomic E-state index is -1.97. The molecular weight excluding hydrogens is 150 g/mol. The highest BCUT2D eigenvalue weighted by atomic mass is 16.4. The molecule has 11 heavy (non-hydrogen) atoms. The molecule has 0 aliphatic heterocycles. The van der Waals surface area contributed by atoms with Crippen LogP contribution >= 0.6 is 0 Å². The number of hydrogen-bond donors (Lipinski definition) is 4. The lowest BCUT2D eigenvalue weighted by Crippen LogP contribution is -2.63. The van der Waals surface area contributed by atoms with Crippen LogP contribution < -0.4 is 5.73 Å². The van der Waals surface area contributed by atoms with E-state index < -0.39 is 23.7 Å². The lowest BCUT2D eigenvalue weighted by molar-refractivity contribution is -0.153. The number of carboxylic acids is 1. The van der Waals surface area contributed by atoms with Crippen molar-refractivity contribution in [3.8, 4) is 0 Å². The summed E-state index contributed by atoms with van der Waals surface area (Å²) in [6.45, 7) is 2.45. The minimum absolute atomic E-state index is 1.22. The number of carboxylic acid groups (broad SMARTS) is 1. The fourth-order valence-corrected chi connectivity index (χ4v) is 0.706. The number of hydrogen-bond acceptors (Lipinski definition) is 4. The molecule has 5 nitrogen and oxygen atoms in total. The molecule has 0 spiro atoms. The molecule has 3 atom stereocenters. The van der Waals surface area contributed by atoms with E-state index in [1.807, 2.05) is 0 Å². The van der Waals surface area contributed by atoms with E-state index in [2.05, 4.69) is 0 Å². The first-order valence-corrected chi connectivity index (χ1v) is 3.21. The van der Waals surface area contributed by atoms with Gasteiger partial charge in [-0.1, -0.05) is 0 Å². The van der Waals surface area contributed by atoms with E-state index in [-0.39, 0.29) is 0 Å². The Bertz CT molecular complexity index is 147. The summed E-state index contributed by atoms with van der Waals surface area (Å²) in [5.41, 5.74) is 3.25. The summed E-state index contributed by atoms with van der Waals surface area (Å²) in [7, 11) is 0. The molecule has 0 saturated heterocycles. The molecule has 0 radical (unpaired) electrons. The van der Waals surface area contributed by atoms with E-state index in [1.165, 1.54) is 13.8 Å². The van der Waals surface area contributed by atoms with Gasteiger partial charge < -0.3 is 21.1 Å². The van der Waals surface area contributed by atoms with Crippen molar-refractivity contribution >= 4 is 5.97 Å². The fraction of sp³-hybridized carbons (Fsp3) is 0.833. The van der Waals surface area contributed by atoms with Gasteiger partial charge in [0.1, 0.15) is 0 Å². The van der Waals surface area contributed by atoms with Crippen LogP contribution in [0.5, 0.6) is 0 Å². The molecule has 0 saturated carbocycles. The molecule has 0 aromatic rings. The quantitative estimate of drug-likeness (QED) is 0.406. The Kier molecular flexibility index (Phi) is 2.98. The van der Waals surface area contributed by atoms with Gasteiger partial charge in [-0.05, 0) is 13.8 Å². The molecular formula is C6H13NO4. The molecule has 0 aliphatic rings. The molecule has 0 fully saturated rings. The predicted octanol–water partition coefficient (Wildman–Crippen LogP) is -1.47. The maximum Gasteiger partial charge on any atom is 0.329 e. The Balaban J connectivity index is 4.67. The van der Waals surface area contributed by atoms with Crippen molar-refractivity contribution in [3.05, 3.63) is 0 Å². The van der Waals surface area contributed by atoms with Gasteiger partial charge in [-0.25, -0.2) is 0 Å². The summed E-state index contributed by atoms with van der Waals surface area (Å²) in [6, 6.07) is 0. The minimum Gasteiger partial charge on any atom is -0.480 e. The average Bonchev–Trinajstić information content (AvgIpc) is 1.84. The maximum absolute atomic E-state index is 10.5. The molecule has 0 heterocycles. The van der Waals surface area contributed by atoms with Crippen LogP contribution in [0.2, 0.25) is 0 Å². The predicted molar refractivity (Wildman–Crippen MR) is 37.9 cm³/mol. The Morgan fingerprint density at radius 3 is 1.64 bits per heavy atom. The van der Waals surface area contributed by atoms with E-state index in [0.29, 0.717) is 0 Å². The molecule has 0 aromatic carbocycles. The van der Waals surface area contributed by atoms with E-state index in [0.717, 1.165) is 0 Å². The van der Waals surface area contributed by atoms with Gasteiger partial charge in [0.25, 0.3) is 0 Å². The highest BCUT2D eigenvalue weighted by Gasteiger charge is 2.43. The molecule has 2 unspecified atom stereocenters. The standard InChI is InChI=1S/C6H13NO4/c1-3(8)6(7,4(2)9)5(10)11/h3-4,8-9H,7H2,1-2H3,(H,10,11)/t3-,4?,6?/m0/s1. The van der Waals surface area contributed by atoms with Crippen LogP contribution in [0.3, 0.4) is 0 Å². The number of aliphatic hydroxyl groups excluding tert-OH is 2. The second-order valence-corrected chi connectivity index (χ2v) is 2.59. The number of aliphatic carboxylic acids is 1. The largest absolute Gasteiger partial charge is 0.480 e. The molecule has 0 aromatic heterocycles. The van der Waals surface area contributed by atoms with Crippen LogP contribution in [0.1, 0.15) is 13.8 Å². The van der Waals surface area contributed by atoms with Crippen molar-refractivity contribution in [2.75, 3.05) is 0 Å². The van der Waals surface area contributed by atoms with E-state index in [1.54, 1.807) is 0 Å². The Labute approximate surface area is 64.4 Å². The summed E-state index contributed by atoms with van der Waals surface area (Å²) in [4.78, 5) is 10.5. The van der Waals surface area contributed by atoms with Gasteiger partial charge in [0.15, 0.2) is 5.54 Å². The van der Waals surface area contributed by atoms with Gasteiger partial charge in [0, 0.05) is 0 Å². The van der Waals surface area contributed by atoms with Crippen LogP contribution in [0.25, 0.3) is 0 Å². The van der Waals surface area contributed by atoms with E-state index in [9.17, 15) is 4.79 Å². The molecule has 66 valence electrons. The first-order valence-electron chi connectivity index (χ1n) is 3.21. The van der Waals surface area contributed by atoms with E-state index in [4.69, 9.17) is 21.1 Å². The van der Waals surface area contributed by atoms with Gasteiger partial charge >= 0.3 is 5.97 Å². The Morgan fingerprint density at radius 2 is 1.64 bits per heavy atom. The molecule has 0 rings (SSSR count). The van der Waals surface area contributed by atoms with Gasteiger partial charge in [-0.3, -0.25) is 4.79 Å². The van der Waals surface area contributed by atoms with Crippen molar-refractivity contribution in [1.29, 1.82) is 0 Å². The fourth-order valence-electron chi connectivity index (χ4n) is 0.706. The second-order valence-electron chi connectivity index (χ2n) is 2.59. The number of nitrogens with two attached hydrogens (primary N) is 1. The third kappa shape index (κ3) is 1.68. The van der Waals surface area contributed by atoms with Crippen LogP contribution in [0.15, 0.2) is 0 Å². The zero-order valence-corrected chi connectivity index (χ0v) is 6.48. The summed E-state index contributed by atoms with van der Waals surface area (Å²) in [5.74, 6) is -1.41. The molecule has 5 N–H and O–H groups in total. The third-order valence-corrected chi connectivity index (χ3v) is 1.75. The topological polar surface area (TPSA) is 104 Å². The second kappa shape index (κ2) is 3.17. The first-order chi connectivity index (χ1) is 4.83. The number of rotatable bonds is 3. The zero-order valence-electron chi connectivity index (χ0n) is 6.48. The normalized spacial score (nSPS) is 21.9. The molecule has 0 amide bonds. The summed E-state index contributed by atoms with van der Waals surface area (Å²) in [5, 5.41) is 26.4. The summed E-state index contributed by atoms with van der Waals surface area (Å²) >= 11 is 0. The molecule has 0 aliphatic carbocycles. The van der Waals surface area contributed by atoms with Crippen molar-refractivity contribution < 1.29 is 20.1 Å². The maximum atomic E-state index is 10.5. The lowest BCUT2D eigenvalue weighted by atomic mass is 9.89. The molecule has 5 heteroatoms. The average molecular weight is 163 g/mol. The number of carbonyl (C=O) groups is 1.